The van der Waals surface area contributed by atoms with Crippen LogP contribution in [0.4, 0.5) is 4.79 Å². The summed E-state index contributed by atoms with van der Waals surface area (Å²) in [7, 11) is 0. The van der Waals surface area contributed by atoms with Crippen molar-refractivity contribution in [2.24, 2.45) is 17.1 Å². The van der Waals surface area contributed by atoms with Crippen LogP contribution in [-0.4, -0.2) is 57.4 Å². The van der Waals surface area contributed by atoms with Crippen molar-refractivity contribution in [3.63, 3.8) is 0 Å². The molecule has 0 saturated heterocycles. The van der Waals surface area contributed by atoms with Gasteiger partial charge in [0.1, 0.15) is 17.1 Å². The number of urea groups is 1. The van der Waals surface area contributed by atoms with Crippen molar-refractivity contribution in [2.75, 3.05) is 13.1 Å². The summed E-state index contributed by atoms with van der Waals surface area (Å²) in [5.41, 5.74) is 5.37. The van der Waals surface area contributed by atoms with Crippen LogP contribution in [0, 0.1) is 11.3 Å². The monoisotopic (exact) mass is 535 g/mol. The van der Waals surface area contributed by atoms with Crippen molar-refractivity contribution in [1.82, 2.24) is 30.5 Å². The summed E-state index contributed by atoms with van der Waals surface area (Å²) in [6, 6.07) is 0.888. The molecule has 5 N–H and O–H groups in total. The molecule has 0 aromatic carbocycles. The van der Waals surface area contributed by atoms with Crippen molar-refractivity contribution in [3.05, 3.63) is 23.7 Å². The number of fused-ring (bicyclic) bond motifs is 1. The number of ketones is 1. The third-order valence-corrected chi connectivity index (χ3v) is 6.62. The van der Waals surface area contributed by atoms with Gasteiger partial charge in [-0.25, -0.2) is 14.8 Å². The maximum atomic E-state index is 13.1. The summed E-state index contributed by atoms with van der Waals surface area (Å²) in [5.74, 6) is 0.293. The first-order chi connectivity index (χ1) is 17.4. The molecule has 2 heterocycles. The Bertz CT molecular complexity index is 1050. The molecule has 0 bridgehead atoms. The molecule has 37 heavy (non-hydrogen) atoms. The van der Waals surface area contributed by atoms with E-state index in [1.54, 1.807) is 0 Å². The fourth-order valence-electron chi connectivity index (χ4n) is 4.10. The van der Waals surface area contributed by atoms with E-state index in [0.717, 1.165) is 23.9 Å². The van der Waals surface area contributed by atoms with Gasteiger partial charge in [0.25, 0.3) is 0 Å². The number of aryl methyl sites for hydroxylation is 1. The summed E-state index contributed by atoms with van der Waals surface area (Å²) in [6.07, 6.45) is 6.51. The molecular weight excluding hydrogens is 494 g/mol. The Hall–Kier alpha value is -2.72. The Morgan fingerprint density at radius 2 is 1.86 bits per heavy atom. The number of carbonyl (C=O) groups is 3. The number of amides is 3. The molecule has 11 heteroatoms. The average molecular weight is 536 g/mol. The SMILES string of the molecule is CC(C)[C@@H](CN[C@@H](CCCCNC(N)=O)C(=O)C(C)(C)C)NC(=O)CCCn1ccc2c(Cl)ncnc21. The van der Waals surface area contributed by atoms with Crippen LogP contribution in [0.15, 0.2) is 18.6 Å². The Kier molecular flexibility index (Phi) is 11.8. The minimum absolute atomic E-state index is 0.0270. The van der Waals surface area contributed by atoms with Gasteiger partial charge in [0.15, 0.2) is 5.78 Å². The Morgan fingerprint density at radius 3 is 2.51 bits per heavy atom. The summed E-state index contributed by atoms with van der Waals surface area (Å²) < 4.78 is 1.97. The number of nitrogens with zero attached hydrogens (tertiary/aromatic N) is 3. The van der Waals surface area contributed by atoms with E-state index < -0.39 is 11.4 Å². The average Bonchev–Trinajstić information content (AvgIpc) is 3.23. The van der Waals surface area contributed by atoms with Gasteiger partial charge >= 0.3 is 6.03 Å². The number of nitrogens with one attached hydrogen (secondary N) is 3. The number of hydrogen-bond donors (Lipinski definition) is 4. The van der Waals surface area contributed by atoms with Crippen molar-refractivity contribution < 1.29 is 14.4 Å². The predicted molar refractivity (Wildman–Crippen MR) is 146 cm³/mol. The number of hydrogen-bond acceptors (Lipinski definition) is 6. The number of unbranched alkanes of at least 4 members (excludes halogenated alkanes) is 1. The first kappa shape index (κ1) is 30.5. The van der Waals surface area contributed by atoms with E-state index in [1.165, 1.54) is 6.33 Å². The normalized spacial score (nSPS) is 13.5. The first-order valence-electron chi connectivity index (χ1n) is 13.0. The van der Waals surface area contributed by atoms with Gasteiger partial charge in [0.2, 0.25) is 5.91 Å². The second-order valence-corrected chi connectivity index (χ2v) is 11.2. The molecule has 0 fully saturated rings. The van der Waals surface area contributed by atoms with Crippen LogP contribution in [0.1, 0.15) is 66.7 Å². The van der Waals surface area contributed by atoms with E-state index in [1.807, 2.05) is 37.6 Å². The summed E-state index contributed by atoms with van der Waals surface area (Å²) >= 11 is 6.12. The quantitative estimate of drug-likeness (QED) is 0.203. The van der Waals surface area contributed by atoms with Gasteiger partial charge in [-0.05, 0) is 37.7 Å². The van der Waals surface area contributed by atoms with Crippen molar-refractivity contribution in [2.45, 2.75) is 85.4 Å². The van der Waals surface area contributed by atoms with Crippen LogP contribution in [0.3, 0.4) is 0 Å². The summed E-state index contributed by atoms with van der Waals surface area (Å²) in [6.45, 7) is 11.5. The van der Waals surface area contributed by atoms with Crippen molar-refractivity contribution in [3.8, 4) is 0 Å². The Balaban J connectivity index is 1.87. The number of aromatic nitrogens is 3. The second kappa shape index (κ2) is 14.3. The third-order valence-electron chi connectivity index (χ3n) is 6.32. The maximum Gasteiger partial charge on any atom is 0.312 e. The number of rotatable bonds is 15. The van der Waals surface area contributed by atoms with Gasteiger partial charge in [-0.2, -0.15) is 0 Å². The number of primary amides is 1. The highest BCUT2D eigenvalue weighted by Gasteiger charge is 2.30. The molecule has 2 aromatic rings. The Morgan fingerprint density at radius 1 is 1.14 bits per heavy atom. The number of nitrogens with two attached hydrogens (primary N) is 1. The number of Topliss-reactive ketones (excluding diaryl/α,β-unsaturated/α-hetero) is 1. The summed E-state index contributed by atoms with van der Waals surface area (Å²) in [4.78, 5) is 44.9. The lowest BCUT2D eigenvalue weighted by Crippen LogP contribution is -2.51. The first-order valence-corrected chi connectivity index (χ1v) is 13.3. The molecule has 0 aliphatic heterocycles. The fourth-order valence-corrected chi connectivity index (χ4v) is 4.29. The van der Waals surface area contributed by atoms with Gasteiger partial charge < -0.3 is 26.3 Å². The maximum absolute atomic E-state index is 13.1. The lowest BCUT2D eigenvalue weighted by molar-refractivity contribution is -0.128. The lowest BCUT2D eigenvalue weighted by Gasteiger charge is -2.29. The molecule has 10 nitrogen and oxygen atoms in total. The van der Waals surface area contributed by atoms with Crippen LogP contribution >= 0.6 is 11.6 Å². The van der Waals surface area contributed by atoms with E-state index in [4.69, 9.17) is 17.3 Å². The molecule has 0 spiro atoms. The minimum Gasteiger partial charge on any atom is -0.352 e. The van der Waals surface area contributed by atoms with Crippen LogP contribution in [0.2, 0.25) is 5.15 Å². The zero-order chi connectivity index (χ0) is 27.6. The highest BCUT2D eigenvalue weighted by atomic mass is 35.5. The van der Waals surface area contributed by atoms with E-state index in [2.05, 4.69) is 39.8 Å². The van der Waals surface area contributed by atoms with E-state index in [0.29, 0.717) is 44.0 Å². The van der Waals surface area contributed by atoms with Gasteiger partial charge in [-0.1, -0.05) is 46.2 Å². The predicted octanol–water partition coefficient (Wildman–Crippen LogP) is 3.42. The zero-order valence-electron chi connectivity index (χ0n) is 22.6. The van der Waals surface area contributed by atoms with E-state index in [9.17, 15) is 14.4 Å². The number of carbonyl (C=O) groups excluding carboxylic acids is 3. The van der Waals surface area contributed by atoms with E-state index in [-0.39, 0.29) is 29.7 Å². The molecule has 2 rings (SSSR count). The molecule has 0 unspecified atom stereocenters. The molecule has 2 atom stereocenters. The fraction of sp³-hybridized carbons (Fsp3) is 0.654. The highest BCUT2D eigenvalue weighted by molar-refractivity contribution is 6.33. The molecular formula is C26H42ClN7O3. The third kappa shape index (κ3) is 9.92. The van der Waals surface area contributed by atoms with Gasteiger partial charge in [0.05, 0.1) is 11.4 Å². The number of halogens is 1. The zero-order valence-corrected chi connectivity index (χ0v) is 23.4. The largest absolute Gasteiger partial charge is 0.352 e. The molecule has 0 saturated carbocycles. The highest BCUT2D eigenvalue weighted by Crippen LogP contribution is 2.21. The topological polar surface area (TPSA) is 144 Å². The van der Waals surface area contributed by atoms with Crippen LogP contribution in [0.25, 0.3) is 11.0 Å². The van der Waals surface area contributed by atoms with E-state index >= 15 is 0 Å². The van der Waals surface area contributed by atoms with Gasteiger partial charge in [0, 0.05) is 43.7 Å². The molecule has 2 aromatic heterocycles. The summed E-state index contributed by atoms with van der Waals surface area (Å²) in [5, 5.41) is 10.3. The minimum atomic E-state index is -0.545. The molecule has 0 aliphatic carbocycles. The smallest absolute Gasteiger partial charge is 0.312 e. The Labute approximate surface area is 224 Å². The van der Waals surface area contributed by atoms with Crippen molar-refractivity contribution in [1.29, 1.82) is 0 Å². The molecule has 206 valence electrons. The molecule has 0 aliphatic rings. The van der Waals surface area contributed by atoms with Crippen LogP contribution < -0.4 is 21.7 Å². The van der Waals surface area contributed by atoms with Crippen molar-refractivity contribution >= 4 is 40.4 Å². The molecule has 0 radical (unpaired) electrons. The van der Waals surface area contributed by atoms with Gasteiger partial charge in [-0.3, -0.25) is 9.59 Å². The lowest BCUT2D eigenvalue weighted by atomic mass is 9.84. The van der Waals surface area contributed by atoms with Crippen LogP contribution in [0.5, 0.6) is 0 Å². The van der Waals surface area contributed by atoms with Gasteiger partial charge in [-0.15, -0.1) is 0 Å². The second-order valence-electron chi connectivity index (χ2n) is 10.8. The standard InChI is InChI=1S/C26H42ClN7O3/c1-17(2)20(15-30-19(22(36)26(3,4)5)9-6-7-12-29-25(28)37)33-21(35)10-8-13-34-14-11-18-23(27)31-16-32-24(18)34/h11,14,16-17,19-20,30H,6-10,12-13,15H2,1-5H3,(H,33,35)(H3,28,29,37)/t19-,20+/m0/s1. The molecule has 3 amide bonds. The van der Waals surface area contributed by atoms with Crippen LogP contribution in [-0.2, 0) is 16.1 Å².